The van der Waals surface area contributed by atoms with Gasteiger partial charge in [-0.3, -0.25) is 0 Å². The van der Waals surface area contributed by atoms with Gasteiger partial charge < -0.3 is 9.47 Å². The van der Waals surface area contributed by atoms with Crippen LogP contribution in [0.3, 0.4) is 0 Å². The van der Waals surface area contributed by atoms with Crippen LogP contribution in [0.2, 0.25) is 0 Å². The number of rotatable bonds is 5. The van der Waals surface area contributed by atoms with E-state index in [2.05, 4.69) is 11.5 Å². The van der Waals surface area contributed by atoms with Crippen LogP contribution in [-0.4, -0.2) is 11.9 Å². The smallest absolute Gasteiger partial charge is 0.127 e. The molecule has 0 saturated carbocycles. The van der Waals surface area contributed by atoms with Gasteiger partial charge in [-0.2, -0.15) is 0 Å². The molecule has 0 amide bonds. The highest BCUT2D eigenvalue weighted by molar-refractivity contribution is 8.02. The van der Waals surface area contributed by atoms with Crippen molar-refractivity contribution in [3.8, 4) is 11.5 Å². The highest BCUT2D eigenvalue weighted by atomic mass is 32.2. The van der Waals surface area contributed by atoms with Gasteiger partial charge in [0, 0.05) is 5.75 Å². The molecule has 0 aliphatic carbocycles. The van der Waals surface area contributed by atoms with Crippen LogP contribution in [0, 0.1) is 0 Å². The molecule has 0 radical (unpaired) electrons. The zero-order chi connectivity index (χ0) is 13.6. The fraction of sp³-hybridized carbons (Fsp3) is 0.176. The number of benzene rings is 2. The van der Waals surface area contributed by atoms with Gasteiger partial charge >= 0.3 is 0 Å². The van der Waals surface area contributed by atoms with Gasteiger partial charge in [-0.05, 0) is 41.3 Å². The van der Waals surface area contributed by atoms with Crippen molar-refractivity contribution < 1.29 is 9.47 Å². The van der Waals surface area contributed by atoms with Crippen molar-refractivity contribution in [1.29, 1.82) is 0 Å². The summed E-state index contributed by atoms with van der Waals surface area (Å²) in [5, 5.41) is 2.10. The lowest BCUT2D eigenvalue weighted by Gasteiger charge is -2.10. The molecular formula is C17H16O2S. The van der Waals surface area contributed by atoms with Crippen molar-refractivity contribution in [2.24, 2.45) is 0 Å². The molecule has 1 heterocycles. The van der Waals surface area contributed by atoms with Crippen molar-refractivity contribution in [3.63, 3.8) is 0 Å². The molecule has 2 aromatic rings. The third-order valence-corrected chi connectivity index (χ3v) is 3.89. The minimum atomic E-state index is 0.250. The summed E-state index contributed by atoms with van der Waals surface area (Å²) in [6, 6.07) is 17.8. The van der Waals surface area contributed by atoms with Crippen LogP contribution in [0.4, 0.5) is 0 Å². The van der Waals surface area contributed by atoms with Crippen LogP contribution in [0.15, 0.2) is 66.1 Å². The van der Waals surface area contributed by atoms with Gasteiger partial charge in [-0.25, -0.2) is 0 Å². The molecule has 0 N–H and O–H groups in total. The molecule has 102 valence electrons. The van der Waals surface area contributed by atoms with Gasteiger partial charge in [0.25, 0.3) is 0 Å². The first-order valence-corrected chi connectivity index (χ1v) is 7.67. The molecule has 2 nitrogen and oxygen atoms in total. The zero-order valence-corrected chi connectivity index (χ0v) is 11.9. The van der Waals surface area contributed by atoms with Crippen molar-refractivity contribution in [1.82, 2.24) is 0 Å². The number of thioether (sulfide) groups is 1. The molecule has 0 fully saturated rings. The van der Waals surface area contributed by atoms with E-state index in [-0.39, 0.29) is 6.10 Å². The lowest BCUT2D eigenvalue weighted by Crippen LogP contribution is -2.09. The van der Waals surface area contributed by atoms with Crippen molar-refractivity contribution in [2.45, 2.75) is 12.7 Å². The second-order valence-electron chi connectivity index (χ2n) is 4.57. The van der Waals surface area contributed by atoms with E-state index in [0.717, 1.165) is 22.8 Å². The SMILES string of the molecule is C1=CC(OCc2ccc(Oc3ccccc3)cc2)CS1. The number of para-hydroxylation sites is 1. The molecule has 1 unspecified atom stereocenters. The summed E-state index contributed by atoms with van der Waals surface area (Å²) in [6.07, 6.45) is 2.36. The van der Waals surface area contributed by atoms with Crippen LogP contribution in [0.25, 0.3) is 0 Å². The maximum absolute atomic E-state index is 5.80. The average Bonchev–Trinajstić information content (AvgIpc) is 3.01. The fourth-order valence-corrected chi connectivity index (χ4v) is 2.73. The van der Waals surface area contributed by atoms with Crippen LogP contribution < -0.4 is 4.74 Å². The summed E-state index contributed by atoms with van der Waals surface area (Å²) in [5.74, 6) is 2.72. The van der Waals surface area contributed by atoms with E-state index in [9.17, 15) is 0 Å². The van der Waals surface area contributed by atoms with Crippen molar-refractivity contribution in [3.05, 3.63) is 71.6 Å². The first-order chi connectivity index (χ1) is 9.90. The number of ether oxygens (including phenoxy) is 2. The van der Waals surface area contributed by atoms with Gasteiger partial charge in [0.05, 0.1) is 12.7 Å². The summed E-state index contributed by atoms with van der Waals surface area (Å²) >= 11 is 1.80. The van der Waals surface area contributed by atoms with E-state index < -0.39 is 0 Å². The lowest BCUT2D eigenvalue weighted by molar-refractivity contribution is 0.0883. The molecule has 3 rings (SSSR count). The predicted molar refractivity (Wildman–Crippen MR) is 83.1 cm³/mol. The number of hydrogen-bond acceptors (Lipinski definition) is 3. The second-order valence-corrected chi connectivity index (χ2v) is 5.51. The maximum atomic E-state index is 5.80. The molecule has 0 spiro atoms. The van der Waals surface area contributed by atoms with Crippen molar-refractivity contribution >= 4 is 11.8 Å². The van der Waals surface area contributed by atoms with Gasteiger partial charge in [-0.1, -0.05) is 30.3 Å². The first-order valence-electron chi connectivity index (χ1n) is 6.62. The van der Waals surface area contributed by atoms with E-state index in [1.165, 1.54) is 0 Å². The molecule has 3 heteroatoms. The van der Waals surface area contributed by atoms with E-state index in [0.29, 0.717) is 6.61 Å². The molecule has 0 saturated heterocycles. The van der Waals surface area contributed by atoms with E-state index in [1.807, 2.05) is 54.6 Å². The Hall–Kier alpha value is -1.71. The molecule has 0 bridgehead atoms. The fourth-order valence-electron chi connectivity index (χ4n) is 1.93. The summed E-state index contributed by atoms with van der Waals surface area (Å²) in [7, 11) is 0. The summed E-state index contributed by atoms with van der Waals surface area (Å²) in [5.41, 5.74) is 1.16. The normalized spacial score (nSPS) is 17.3. The Labute approximate surface area is 123 Å². The van der Waals surface area contributed by atoms with Crippen molar-refractivity contribution in [2.75, 3.05) is 5.75 Å². The van der Waals surface area contributed by atoms with Crippen LogP contribution in [0.5, 0.6) is 11.5 Å². The molecule has 20 heavy (non-hydrogen) atoms. The molecule has 2 aromatic carbocycles. The van der Waals surface area contributed by atoms with Gasteiger partial charge in [0.15, 0.2) is 0 Å². The quantitative estimate of drug-likeness (QED) is 0.798. The van der Waals surface area contributed by atoms with Gasteiger partial charge in [0.2, 0.25) is 0 Å². The molecule has 0 aromatic heterocycles. The van der Waals surface area contributed by atoms with Crippen LogP contribution in [-0.2, 0) is 11.3 Å². The molecule has 1 atom stereocenters. The maximum Gasteiger partial charge on any atom is 0.127 e. The van der Waals surface area contributed by atoms with Crippen LogP contribution >= 0.6 is 11.8 Å². The Balaban J connectivity index is 1.55. The number of hydrogen-bond donors (Lipinski definition) is 0. The third-order valence-electron chi connectivity index (χ3n) is 3.02. The minimum Gasteiger partial charge on any atom is -0.457 e. The monoisotopic (exact) mass is 284 g/mol. The topological polar surface area (TPSA) is 18.5 Å². The molecule has 1 aliphatic heterocycles. The highest BCUT2D eigenvalue weighted by Crippen LogP contribution is 2.22. The van der Waals surface area contributed by atoms with E-state index in [4.69, 9.17) is 9.47 Å². The molecule has 1 aliphatic rings. The third kappa shape index (κ3) is 3.65. The Morgan fingerprint density at radius 2 is 1.70 bits per heavy atom. The molecular weight excluding hydrogens is 268 g/mol. The Kier molecular flexibility index (Phi) is 4.41. The Morgan fingerprint density at radius 1 is 0.950 bits per heavy atom. The first kappa shape index (κ1) is 13.3. The van der Waals surface area contributed by atoms with E-state index >= 15 is 0 Å². The minimum absolute atomic E-state index is 0.250. The summed E-state index contributed by atoms with van der Waals surface area (Å²) in [6.45, 7) is 0.640. The average molecular weight is 284 g/mol. The lowest BCUT2D eigenvalue weighted by atomic mass is 10.2. The largest absolute Gasteiger partial charge is 0.457 e. The highest BCUT2D eigenvalue weighted by Gasteiger charge is 2.09. The van der Waals surface area contributed by atoms with E-state index in [1.54, 1.807) is 11.8 Å². The van der Waals surface area contributed by atoms with Gasteiger partial charge in [0.1, 0.15) is 11.5 Å². The summed E-state index contributed by atoms with van der Waals surface area (Å²) in [4.78, 5) is 0. The predicted octanol–water partition coefficient (Wildman–Crippen LogP) is 4.62. The second kappa shape index (κ2) is 6.64. The Morgan fingerprint density at radius 3 is 2.40 bits per heavy atom. The Bertz CT molecular complexity index is 563. The van der Waals surface area contributed by atoms with Crippen LogP contribution in [0.1, 0.15) is 5.56 Å². The summed E-state index contributed by atoms with van der Waals surface area (Å²) < 4.78 is 11.6. The standard InChI is InChI=1S/C17H16O2S/c1-2-4-15(5-3-1)19-16-8-6-14(7-9-16)12-18-17-10-11-20-13-17/h1-11,17H,12-13H2. The zero-order valence-electron chi connectivity index (χ0n) is 11.1. The van der Waals surface area contributed by atoms with Gasteiger partial charge in [-0.15, -0.1) is 11.8 Å².